The maximum Gasteiger partial charge on any atom is 0.254 e. The molecule has 0 aliphatic carbocycles. The zero-order valence-corrected chi connectivity index (χ0v) is 11.4. The van der Waals surface area contributed by atoms with Crippen LogP contribution >= 0.6 is 0 Å². The zero-order valence-electron chi connectivity index (χ0n) is 11.4. The lowest BCUT2D eigenvalue weighted by Gasteiger charge is -2.20. The molecule has 0 saturated carbocycles. The van der Waals surface area contributed by atoms with Gasteiger partial charge in [0.15, 0.2) is 0 Å². The van der Waals surface area contributed by atoms with Crippen molar-refractivity contribution in [2.24, 2.45) is 0 Å². The largest absolute Gasteiger partial charge is 0.495 e. The average Bonchev–Trinajstić information content (AvgIpc) is 2.44. The summed E-state index contributed by atoms with van der Waals surface area (Å²) in [5, 5.41) is 2.49. The van der Waals surface area contributed by atoms with Gasteiger partial charge in [0.25, 0.3) is 5.91 Å². The number of amides is 2. The third-order valence-electron chi connectivity index (χ3n) is 2.76. The summed E-state index contributed by atoms with van der Waals surface area (Å²) in [7, 11) is 3.02. The van der Waals surface area contributed by atoms with Gasteiger partial charge in [-0.2, -0.15) is 0 Å². The Bertz CT molecular complexity index is 474. The van der Waals surface area contributed by atoms with Crippen LogP contribution in [0.3, 0.4) is 0 Å². The number of anilines is 1. The second-order valence-corrected chi connectivity index (χ2v) is 3.95. The first kappa shape index (κ1) is 14.8. The Balaban J connectivity index is 2.94. The zero-order chi connectivity index (χ0) is 14.4. The highest BCUT2D eigenvalue weighted by Gasteiger charge is 2.17. The second-order valence-electron chi connectivity index (χ2n) is 3.95. The van der Waals surface area contributed by atoms with Crippen LogP contribution in [0.5, 0.6) is 5.75 Å². The van der Waals surface area contributed by atoms with E-state index in [-0.39, 0.29) is 18.4 Å². The van der Waals surface area contributed by atoms with Crippen LogP contribution in [0.15, 0.2) is 18.2 Å². The SMILES string of the molecule is CCN(CC(=O)NC)C(=O)c1ccc(N)c(OC)c1. The van der Waals surface area contributed by atoms with E-state index in [0.717, 1.165) is 0 Å². The molecule has 6 heteroatoms. The van der Waals surface area contributed by atoms with Gasteiger partial charge >= 0.3 is 0 Å². The molecule has 104 valence electrons. The molecule has 2 amide bonds. The van der Waals surface area contributed by atoms with Crippen molar-refractivity contribution in [2.75, 3.05) is 33.0 Å². The standard InChI is InChI=1S/C13H19N3O3/c1-4-16(8-12(17)15-2)13(18)9-5-6-10(14)11(7-9)19-3/h5-7H,4,8,14H2,1-3H3,(H,15,17). The van der Waals surface area contributed by atoms with Gasteiger partial charge in [0.05, 0.1) is 19.3 Å². The molecule has 0 fully saturated rings. The molecule has 0 unspecified atom stereocenters. The summed E-state index contributed by atoms with van der Waals surface area (Å²) in [6.45, 7) is 2.28. The number of carbonyl (C=O) groups is 2. The number of hydrogen-bond donors (Lipinski definition) is 2. The van der Waals surface area contributed by atoms with Crippen molar-refractivity contribution in [1.82, 2.24) is 10.2 Å². The Hall–Kier alpha value is -2.24. The average molecular weight is 265 g/mol. The molecule has 0 aliphatic rings. The number of nitrogen functional groups attached to an aromatic ring is 1. The Kier molecular flexibility index (Phi) is 5.17. The van der Waals surface area contributed by atoms with Gasteiger partial charge in [-0.15, -0.1) is 0 Å². The van der Waals surface area contributed by atoms with Gasteiger partial charge in [-0.25, -0.2) is 0 Å². The summed E-state index contributed by atoms with van der Waals surface area (Å²) in [6, 6.07) is 4.80. The highest BCUT2D eigenvalue weighted by atomic mass is 16.5. The molecular weight excluding hydrogens is 246 g/mol. The van der Waals surface area contributed by atoms with Crippen molar-refractivity contribution < 1.29 is 14.3 Å². The molecule has 0 radical (unpaired) electrons. The molecule has 1 aromatic carbocycles. The first-order valence-corrected chi connectivity index (χ1v) is 5.96. The fraction of sp³-hybridized carbons (Fsp3) is 0.385. The number of nitrogens with two attached hydrogens (primary N) is 1. The van der Waals surface area contributed by atoms with Crippen molar-refractivity contribution in [3.8, 4) is 5.75 Å². The van der Waals surface area contributed by atoms with Gasteiger partial charge in [-0.3, -0.25) is 9.59 Å². The van der Waals surface area contributed by atoms with E-state index >= 15 is 0 Å². The van der Waals surface area contributed by atoms with Gasteiger partial charge < -0.3 is 20.7 Å². The molecular formula is C13H19N3O3. The van der Waals surface area contributed by atoms with E-state index in [1.807, 2.05) is 6.92 Å². The minimum absolute atomic E-state index is 0.0263. The normalized spacial score (nSPS) is 9.84. The van der Waals surface area contributed by atoms with Crippen LogP contribution in [-0.4, -0.2) is 44.0 Å². The molecule has 1 aromatic rings. The smallest absolute Gasteiger partial charge is 0.254 e. The molecule has 0 heterocycles. The van der Waals surface area contributed by atoms with Crippen molar-refractivity contribution in [3.63, 3.8) is 0 Å². The van der Waals surface area contributed by atoms with Gasteiger partial charge in [-0.1, -0.05) is 0 Å². The summed E-state index contributed by atoms with van der Waals surface area (Å²) in [5.74, 6) is 0.00357. The van der Waals surface area contributed by atoms with E-state index in [9.17, 15) is 9.59 Å². The number of nitrogens with one attached hydrogen (secondary N) is 1. The van der Waals surface area contributed by atoms with Crippen molar-refractivity contribution >= 4 is 17.5 Å². The van der Waals surface area contributed by atoms with Crippen molar-refractivity contribution in [3.05, 3.63) is 23.8 Å². The van der Waals surface area contributed by atoms with Crippen LogP contribution in [0, 0.1) is 0 Å². The number of benzene rings is 1. The predicted molar refractivity (Wildman–Crippen MR) is 73.1 cm³/mol. The van der Waals surface area contributed by atoms with Gasteiger partial charge in [0.1, 0.15) is 5.75 Å². The molecule has 0 aromatic heterocycles. The van der Waals surface area contributed by atoms with E-state index in [1.54, 1.807) is 18.2 Å². The maximum absolute atomic E-state index is 12.3. The first-order chi connectivity index (χ1) is 9.03. The van der Waals surface area contributed by atoms with E-state index in [4.69, 9.17) is 10.5 Å². The lowest BCUT2D eigenvalue weighted by atomic mass is 10.1. The highest BCUT2D eigenvalue weighted by molar-refractivity contribution is 5.97. The Morgan fingerprint density at radius 2 is 2.11 bits per heavy atom. The number of likely N-dealkylation sites (N-methyl/N-ethyl adjacent to an activating group) is 2. The topological polar surface area (TPSA) is 84.7 Å². The lowest BCUT2D eigenvalue weighted by molar-refractivity contribution is -0.121. The molecule has 0 saturated heterocycles. The Morgan fingerprint density at radius 1 is 1.42 bits per heavy atom. The predicted octanol–water partition coefficient (Wildman–Crippen LogP) is 0.486. The van der Waals surface area contributed by atoms with Gasteiger partial charge in [-0.05, 0) is 25.1 Å². The van der Waals surface area contributed by atoms with E-state index in [1.165, 1.54) is 19.1 Å². The molecule has 3 N–H and O–H groups in total. The number of hydrogen-bond acceptors (Lipinski definition) is 4. The number of carbonyl (C=O) groups excluding carboxylic acids is 2. The summed E-state index contributed by atoms with van der Waals surface area (Å²) in [6.07, 6.45) is 0. The fourth-order valence-electron chi connectivity index (χ4n) is 1.61. The Morgan fingerprint density at radius 3 is 2.63 bits per heavy atom. The molecule has 0 bridgehead atoms. The summed E-state index contributed by atoms with van der Waals surface area (Å²) in [5.41, 5.74) is 6.60. The Labute approximate surface area is 112 Å². The minimum Gasteiger partial charge on any atom is -0.495 e. The second kappa shape index (κ2) is 6.63. The van der Waals surface area contributed by atoms with Crippen LogP contribution in [0.25, 0.3) is 0 Å². The third-order valence-corrected chi connectivity index (χ3v) is 2.76. The highest BCUT2D eigenvalue weighted by Crippen LogP contribution is 2.22. The molecule has 0 aliphatic heterocycles. The van der Waals surface area contributed by atoms with E-state index < -0.39 is 0 Å². The first-order valence-electron chi connectivity index (χ1n) is 5.96. The molecule has 19 heavy (non-hydrogen) atoms. The van der Waals surface area contributed by atoms with Crippen LogP contribution in [0.1, 0.15) is 17.3 Å². The monoisotopic (exact) mass is 265 g/mol. The fourth-order valence-corrected chi connectivity index (χ4v) is 1.61. The van der Waals surface area contributed by atoms with Crippen LogP contribution in [0.4, 0.5) is 5.69 Å². The minimum atomic E-state index is -0.232. The third kappa shape index (κ3) is 3.61. The van der Waals surface area contributed by atoms with Gasteiger partial charge in [0.2, 0.25) is 5.91 Å². The van der Waals surface area contributed by atoms with Crippen LogP contribution in [0.2, 0.25) is 0 Å². The van der Waals surface area contributed by atoms with Crippen molar-refractivity contribution in [1.29, 1.82) is 0 Å². The van der Waals surface area contributed by atoms with Crippen LogP contribution in [-0.2, 0) is 4.79 Å². The number of methoxy groups -OCH3 is 1. The number of nitrogens with zero attached hydrogens (tertiary/aromatic N) is 1. The van der Waals surface area contributed by atoms with E-state index in [2.05, 4.69) is 5.32 Å². The molecule has 1 rings (SSSR count). The molecule has 6 nitrogen and oxygen atoms in total. The summed E-state index contributed by atoms with van der Waals surface area (Å²) < 4.78 is 5.08. The summed E-state index contributed by atoms with van der Waals surface area (Å²) >= 11 is 0. The molecule has 0 atom stereocenters. The van der Waals surface area contributed by atoms with E-state index in [0.29, 0.717) is 23.5 Å². The summed E-state index contributed by atoms with van der Waals surface area (Å²) in [4.78, 5) is 25.0. The molecule has 0 spiro atoms. The number of rotatable bonds is 5. The maximum atomic E-state index is 12.3. The van der Waals surface area contributed by atoms with Crippen LogP contribution < -0.4 is 15.8 Å². The number of ether oxygens (including phenoxy) is 1. The van der Waals surface area contributed by atoms with Gasteiger partial charge in [0, 0.05) is 19.2 Å². The van der Waals surface area contributed by atoms with Crippen molar-refractivity contribution in [2.45, 2.75) is 6.92 Å². The quantitative estimate of drug-likeness (QED) is 0.759. The lowest BCUT2D eigenvalue weighted by Crippen LogP contribution is -2.39.